The SMILES string of the molecule is COC1(Cn2cncc2[C@H](C)NC(=O)OC(C)(C)C)CCOC1. The third-order valence-electron chi connectivity index (χ3n) is 3.88. The summed E-state index contributed by atoms with van der Waals surface area (Å²) in [5, 5.41) is 2.84. The Bertz CT molecular complexity index is 530. The highest BCUT2D eigenvalue weighted by Gasteiger charge is 2.36. The van der Waals surface area contributed by atoms with E-state index in [1.165, 1.54) is 0 Å². The zero-order valence-corrected chi connectivity index (χ0v) is 14.6. The van der Waals surface area contributed by atoms with Crippen LogP contribution >= 0.6 is 0 Å². The first kappa shape index (κ1) is 17.7. The van der Waals surface area contributed by atoms with Gasteiger partial charge >= 0.3 is 6.09 Å². The van der Waals surface area contributed by atoms with Crippen LogP contribution in [0.5, 0.6) is 0 Å². The molecule has 2 heterocycles. The van der Waals surface area contributed by atoms with Crippen LogP contribution in [0, 0.1) is 0 Å². The van der Waals surface area contributed by atoms with Crippen molar-refractivity contribution in [1.29, 1.82) is 0 Å². The Morgan fingerprint density at radius 3 is 2.87 bits per heavy atom. The molecule has 1 fully saturated rings. The third-order valence-corrected chi connectivity index (χ3v) is 3.88. The largest absolute Gasteiger partial charge is 0.444 e. The van der Waals surface area contributed by atoms with Gasteiger partial charge in [-0.1, -0.05) is 0 Å². The van der Waals surface area contributed by atoms with Crippen LogP contribution < -0.4 is 5.32 Å². The van der Waals surface area contributed by atoms with Crippen LogP contribution in [0.1, 0.15) is 45.9 Å². The van der Waals surface area contributed by atoms with Gasteiger partial charge in [0.2, 0.25) is 0 Å². The molecule has 1 aromatic rings. The van der Waals surface area contributed by atoms with Gasteiger partial charge in [0.15, 0.2) is 0 Å². The highest BCUT2D eigenvalue weighted by atomic mass is 16.6. The number of ether oxygens (including phenoxy) is 3. The van der Waals surface area contributed by atoms with E-state index in [0.29, 0.717) is 19.8 Å². The van der Waals surface area contributed by atoms with E-state index in [2.05, 4.69) is 10.3 Å². The number of hydrogen-bond acceptors (Lipinski definition) is 5. The third kappa shape index (κ3) is 4.68. The predicted molar refractivity (Wildman–Crippen MR) is 85.2 cm³/mol. The summed E-state index contributed by atoms with van der Waals surface area (Å²) in [5.41, 5.74) is 0.0473. The van der Waals surface area contributed by atoms with E-state index in [1.807, 2.05) is 32.3 Å². The number of nitrogens with one attached hydrogen (secondary N) is 1. The number of nitrogens with zero attached hydrogens (tertiary/aromatic N) is 2. The van der Waals surface area contributed by atoms with Gasteiger partial charge in [-0.25, -0.2) is 9.78 Å². The Labute approximate surface area is 137 Å². The molecule has 0 bridgehead atoms. The molecule has 2 atom stereocenters. The van der Waals surface area contributed by atoms with Gasteiger partial charge in [-0.05, 0) is 27.7 Å². The van der Waals surface area contributed by atoms with E-state index in [-0.39, 0.29) is 11.6 Å². The lowest BCUT2D eigenvalue weighted by Gasteiger charge is -2.28. The molecule has 1 unspecified atom stereocenters. The van der Waals surface area contributed by atoms with Gasteiger partial charge in [0.05, 0.1) is 37.4 Å². The Morgan fingerprint density at radius 1 is 1.57 bits per heavy atom. The second-order valence-corrected chi connectivity index (χ2v) is 7.00. The first-order valence-corrected chi connectivity index (χ1v) is 7.87. The zero-order chi connectivity index (χ0) is 17.1. The Kier molecular flexibility index (Phi) is 5.31. The van der Waals surface area contributed by atoms with Gasteiger partial charge in [-0.3, -0.25) is 0 Å². The summed E-state index contributed by atoms with van der Waals surface area (Å²) < 4.78 is 18.4. The van der Waals surface area contributed by atoms with Crippen molar-refractivity contribution in [3.8, 4) is 0 Å². The average Bonchev–Trinajstić information content (AvgIpc) is 3.06. The quantitative estimate of drug-likeness (QED) is 0.899. The van der Waals surface area contributed by atoms with Crippen LogP contribution in [0.2, 0.25) is 0 Å². The number of rotatable bonds is 5. The number of carbonyl (C=O) groups is 1. The fourth-order valence-corrected chi connectivity index (χ4v) is 2.63. The summed E-state index contributed by atoms with van der Waals surface area (Å²) in [4.78, 5) is 16.1. The molecular formula is C16H27N3O4. The monoisotopic (exact) mass is 325 g/mol. The molecule has 1 N–H and O–H groups in total. The molecule has 1 aliphatic rings. The second kappa shape index (κ2) is 6.88. The molecule has 2 rings (SSSR count). The molecule has 130 valence electrons. The van der Waals surface area contributed by atoms with Gasteiger partial charge < -0.3 is 24.1 Å². The normalized spacial score (nSPS) is 22.8. The smallest absolute Gasteiger partial charge is 0.408 e. The summed E-state index contributed by atoms with van der Waals surface area (Å²) >= 11 is 0. The minimum Gasteiger partial charge on any atom is -0.444 e. The predicted octanol–water partition coefficient (Wildman–Crippen LogP) is 2.27. The van der Waals surface area contributed by atoms with Gasteiger partial charge in [0.1, 0.15) is 11.2 Å². The summed E-state index contributed by atoms with van der Waals surface area (Å²) in [6, 6.07) is -0.219. The minimum atomic E-state index is -0.522. The van der Waals surface area contributed by atoms with Gasteiger partial charge in [-0.15, -0.1) is 0 Å². The van der Waals surface area contributed by atoms with Gasteiger partial charge in [-0.2, -0.15) is 0 Å². The lowest BCUT2D eigenvalue weighted by Crippen LogP contribution is -2.39. The maximum atomic E-state index is 11.9. The van der Waals surface area contributed by atoms with E-state index in [1.54, 1.807) is 19.6 Å². The van der Waals surface area contributed by atoms with Crippen LogP contribution in [0.3, 0.4) is 0 Å². The first-order chi connectivity index (χ1) is 10.7. The zero-order valence-electron chi connectivity index (χ0n) is 14.6. The molecule has 1 saturated heterocycles. The standard InChI is InChI=1S/C16H27N3O4/c1-12(18-14(20)23-15(2,3)4)13-8-17-11-19(13)9-16(21-5)6-7-22-10-16/h8,11-12H,6-7,9-10H2,1-5H3,(H,18,20)/t12-,16?/m0/s1. The molecule has 0 aromatic carbocycles. The maximum Gasteiger partial charge on any atom is 0.408 e. The highest BCUT2D eigenvalue weighted by molar-refractivity contribution is 5.68. The molecule has 0 saturated carbocycles. The molecule has 1 aromatic heterocycles. The lowest BCUT2D eigenvalue weighted by molar-refractivity contribution is -0.0301. The summed E-state index contributed by atoms with van der Waals surface area (Å²) in [6.07, 6.45) is 3.90. The van der Waals surface area contributed by atoms with Crippen LogP contribution in [0.25, 0.3) is 0 Å². The van der Waals surface area contributed by atoms with Crippen LogP contribution in [-0.2, 0) is 20.8 Å². The Hall–Kier alpha value is -1.60. The minimum absolute atomic E-state index is 0.219. The number of methoxy groups -OCH3 is 1. The lowest BCUT2D eigenvalue weighted by atomic mass is 10.0. The van der Waals surface area contributed by atoms with Crippen molar-refractivity contribution in [2.45, 2.75) is 57.9 Å². The summed E-state index contributed by atoms with van der Waals surface area (Å²) in [7, 11) is 1.70. The number of hydrogen-bond donors (Lipinski definition) is 1. The molecule has 7 nitrogen and oxygen atoms in total. The molecule has 0 aliphatic carbocycles. The number of alkyl carbamates (subject to hydrolysis) is 1. The molecule has 0 radical (unpaired) electrons. The fourth-order valence-electron chi connectivity index (χ4n) is 2.63. The van der Waals surface area contributed by atoms with E-state index in [9.17, 15) is 4.79 Å². The van der Waals surface area contributed by atoms with E-state index in [4.69, 9.17) is 14.2 Å². The van der Waals surface area contributed by atoms with Crippen molar-refractivity contribution in [2.24, 2.45) is 0 Å². The van der Waals surface area contributed by atoms with Crippen LogP contribution in [0.4, 0.5) is 4.79 Å². The fraction of sp³-hybridized carbons (Fsp3) is 0.750. The van der Waals surface area contributed by atoms with Crippen molar-refractivity contribution in [1.82, 2.24) is 14.9 Å². The van der Waals surface area contributed by atoms with Crippen LogP contribution in [-0.4, -0.2) is 47.2 Å². The van der Waals surface area contributed by atoms with E-state index < -0.39 is 11.7 Å². The topological polar surface area (TPSA) is 74.6 Å². The van der Waals surface area contributed by atoms with Crippen molar-refractivity contribution in [2.75, 3.05) is 20.3 Å². The number of aromatic nitrogens is 2. The molecule has 0 spiro atoms. The Balaban J connectivity index is 2.03. The van der Waals surface area contributed by atoms with E-state index >= 15 is 0 Å². The summed E-state index contributed by atoms with van der Waals surface area (Å²) in [5.74, 6) is 0. The molecular weight excluding hydrogens is 298 g/mol. The molecule has 7 heteroatoms. The van der Waals surface area contributed by atoms with Gasteiger partial charge in [0.25, 0.3) is 0 Å². The van der Waals surface area contributed by atoms with Crippen molar-refractivity contribution < 1.29 is 19.0 Å². The van der Waals surface area contributed by atoms with E-state index in [0.717, 1.165) is 12.1 Å². The molecule has 1 aliphatic heterocycles. The average molecular weight is 325 g/mol. The number of carbonyl (C=O) groups excluding carboxylic acids is 1. The van der Waals surface area contributed by atoms with Gasteiger partial charge in [0, 0.05) is 20.1 Å². The molecule has 1 amide bonds. The van der Waals surface area contributed by atoms with Crippen molar-refractivity contribution in [3.63, 3.8) is 0 Å². The maximum absolute atomic E-state index is 11.9. The number of amides is 1. The van der Waals surface area contributed by atoms with Crippen LogP contribution in [0.15, 0.2) is 12.5 Å². The summed E-state index contributed by atoms with van der Waals surface area (Å²) in [6.45, 7) is 9.32. The number of imidazole rings is 1. The molecule has 23 heavy (non-hydrogen) atoms. The van der Waals surface area contributed by atoms with Crippen molar-refractivity contribution >= 4 is 6.09 Å². The van der Waals surface area contributed by atoms with Crippen molar-refractivity contribution in [3.05, 3.63) is 18.2 Å². The highest BCUT2D eigenvalue weighted by Crippen LogP contribution is 2.26. The second-order valence-electron chi connectivity index (χ2n) is 7.00. The Morgan fingerprint density at radius 2 is 2.30 bits per heavy atom. The first-order valence-electron chi connectivity index (χ1n) is 7.87.